The summed E-state index contributed by atoms with van der Waals surface area (Å²) in [7, 11) is 0. The molecule has 0 atom stereocenters. The maximum atomic E-state index is 12.4. The van der Waals surface area contributed by atoms with E-state index in [9.17, 15) is 9.90 Å². The van der Waals surface area contributed by atoms with Gasteiger partial charge in [-0.15, -0.1) is 0 Å². The number of rotatable bonds is 3. The van der Waals surface area contributed by atoms with Crippen LogP contribution in [0.4, 0.5) is 10.9 Å². The van der Waals surface area contributed by atoms with Gasteiger partial charge in [-0.3, -0.25) is 4.79 Å². The summed E-state index contributed by atoms with van der Waals surface area (Å²) in [6.45, 7) is 6.92. The van der Waals surface area contributed by atoms with Crippen molar-refractivity contribution >= 4 is 28.2 Å². The van der Waals surface area contributed by atoms with Crippen molar-refractivity contribution in [2.45, 2.75) is 45.3 Å². The fourth-order valence-corrected chi connectivity index (χ4v) is 3.13. The number of hydrogen-bond acceptors (Lipinski definition) is 6. The number of nitrogens with two attached hydrogens (primary N) is 1. The molecule has 0 aromatic carbocycles. The molecule has 1 aliphatic heterocycles. The average molecular weight is 298 g/mol. The highest BCUT2D eigenvalue weighted by atomic mass is 32.1. The van der Waals surface area contributed by atoms with Crippen molar-refractivity contribution in [3.63, 3.8) is 0 Å². The lowest BCUT2D eigenvalue weighted by molar-refractivity contribution is -0.00185. The number of nitrogens with one attached hydrogen (secondary N) is 1. The monoisotopic (exact) mass is 298 g/mol. The molecule has 1 saturated heterocycles. The zero-order valence-electron chi connectivity index (χ0n) is 12.1. The number of hydrogen-bond donors (Lipinski definition) is 3. The van der Waals surface area contributed by atoms with E-state index >= 15 is 0 Å². The highest BCUT2D eigenvalue weighted by Gasteiger charge is 2.31. The predicted octanol–water partition coefficient (Wildman–Crippen LogP) is 1.53. The van der Waals surface area contributed by atoms with Crippen molar-refractivity contribution in [3.8, 4) is 0 Å². The molecule has 1 aromatic heterocycles. The number of nitrogens with zero attached hydrogens (tertiary/aromatic N) is 2. The second-order valence-corrected chi connectivity index (χ2v) is 6.82. The number of anilines is 2. The second kappa shape index (κ2) is 5.57. The van der Waals surface area contributed by atoms with E-state index in [2.05, 4.69) is 10.3 Å². The van der Waals surface area contributed by atoms with E-state index in [4.69, 9.17) is 5.73 Å². The summed E-state index contributed by atoms with van der Waals surface area (Å²) < 4.78 is 0. The Kier molecular flexibility index (Phi) is 4.19. The molecule has 1 amide bonds. The van der Waals surface area contributed by atoms with E-state index in [1.807, 2.05) is 13.8 Å². The number of amides is 1. The summed E-state index contributed by atoms with van der Waals surface area (Å²) in [5.74, 6) is 0.188. The molecule has 0 aliphatic carbocycles. The van der Waals surface area contributed by atoms with E-state index in [1.54, 1.807) is 11.8 Å². The number of piperidine rings is 1. The SMILES string of the molecule is CC(C)Nc1nc(N)c(C(=O)N2CCC(C)(O)CC2)s1. The van der Waals surface area contributed by atoms with Crippen molar-refractivity contribution in [1.29, 1.82) is 0 Å². The van der Waals surface area contributed by atoms with Gasteiger partial charge in [-0.25, -0.2) is 4.98 Å². The maximum absolute atomic E-state index is 12.4. The van der Waals surface area contributed by atoms with E-state index in [0.29, 0.717) is 35.9 Å². The quantitative estimate of drug-likeness (QED) is 0.787. The molecular formula is C13H22N4O2S. The summed E-state index contributed by atoms with van der Waals surface area (Å²) >= 11 is 1.29. The molecule has 1 aromatic rings. The topological polar surface area (TPSA) is 91.5 Å². The van der Waals surface area contributed by atoms with Crippen molar-refractivity contribution < 1.29 is 9.90 Å². The van der Waals surface area contributed by atoms with Gasteiger partial charge in [-0.1, -0.05) is 11.3 Å². The van der Waals surface area contributed by atoms with Gasteiger partial charge in [0.05, 0.1) is 5.60 Å². The first-order chi connectivity index (χ1) is 9.28. The van der Waals surface area contributed by atoms with Crippen molar-refractivity contribution in [2.75, 3.05) is 24.1 Å². The van der Waals surface area contributed by atoms with Crippen LogP contribution in [0.2, 0.25) is 0 Å². The molecule has 1 fully saturated rings. The summed E-state index contributed by atoms with van der Waals surface area (Å²) in [4.78, 5) is 18.8. The molecule has 6 nitrogen and oxygen atoms in total. The van der Waals surface area contributed by atoms with Crippen LogP contribution in [-0.4, -0.2) is 45.6 Å². The van der Waals surface area contributed by atoms with Gasteiger partial charge < -0.3 is 21.1 Å². The van der Waals surface area contributed by atoms with Gasteiger partial charge in [-0.05, 0) is 33.6 Å². The molecule has 4 N–H and O–H groups in total. The van der Waals surface area contributed by atoms with Crippen molar-refractivity contribution in [3.05, 3.63) is 4.88 Å². The number of nitrogen functional groups attached to an aromatic ring is 1. The molecule has 1 aliphatic rings. The van der Waals surface area contributed by atoms with Gasteiger partial charge in [0, 0.05) is 19.1 Å². The van der Waals surface area contributed by atoms with E-state index < -0.39 is 5.60 Å². The summed E-state index contributed by atoms with van der Waals surface area (Å²) in [6, 6.07) is 0.244. The van der Waals surface area contributed by atoms with Gasteiger partial charge in [0.1, 0.15) is 10.7 Å². The molecule has 0 saturated carbocycles. The first-order valence-corrected chi connectivity index (χ1v) is 7.64. The van der Waals surface area contributed by atoms with Crippen LogP contribution >= 0.6 is 11.3 Å². The average Bonchev–Trinajstić information content (AvgIpc) is 2.68. The highest BCUT2D eigenvalue weighted by molar-refractivity contribution is 7.18. The summed E-state index contributed by atoms with van der Waals surface area (Å²) in [5.41, 5.74) is 5.17. The van der Waals surface area contributed by atoms with Crippen LogP contribution in [0.5, 0.6) is 0 Å². The Morgan fingerprint density at radius 2 is 2.10 bits per heavy atom. The Bertz CT molecular complexity index is 489. The highest BCUT2D eigenvalue weighted by Crippen LogP contribution is 2.29. The molecule has 2 rings (SSSR count). The summed E-state index contributed by atoms with van der Waals surface area (Å²) in [5, 5.41) is 13.7. The fraction of sp³-hybridized carbons (Fsp3) is 0.692. The molecule has 20 heavy (non-hydrogen) atoms. The van der Waals surface area contributed by atoms with E-state index in [1.165, 1.54) is 11.3 Å². The zero-order chi connectivity index (χ0) is 14.9. The zero-order valence-corrected chi connectivity index (χ0v) is 13.0. The van der Waals surface area contributed by atoms with Gasteiger partial charge in [0.15, 0.2) is 5.13 Å². The van der Waals surface area contributed by atoms with Gasteiger partial charge >= 0.3 is 0 Å². The van der Waals surface area contributed by atoms with Crippen LogP contribution in [0.1, 0.15) is 43.3 Å². The molecule has 2 heterocycles. The molecule has 0 spiro atoms. The van der Waals surface area contributed by atoms with Crippen LogP contribution in [0, 0.1) is 0 Å². The van der Waals surface area contributed by atoms with Crippen LogP contribution in [0.25, 0.3) is 0 Å². The fourth-order valence-electron chi connectivity index (χ4n) is 2.13. The Balaban J connectivity index is 2.08. The lowest BCUT2D eigenvalue weighted by Gasteiger charge is -2.35. The van der Waals surface area contributed by atoms with Gasteiger partial charge in [-0.2, -0.15) is 0 Å². The molecule has 0 unspecified atom stereocenters. The first-order valence-electron chi connectivity index (χ1n) is 6.83. The molecule has 7 heteroatoms. The second-order valence-electron chi connectivity index (χ2n) is 5.82. The smallest absolute Gasteiger partial charge is 0.267 e. The molecular weight excluding hydrogens is 276 g/mol. The van der Waals surface area contributed by atoms with Gasteiger partial charge in [0.25, 0.3) is 5.91 Å². The molecule has 0 radical (unpaired) electrons. The Morgan fingerprint density at radius 3 is 2.65 bits per heavy atom. The Labute approximate surface area is 123 Å². The number of aromatic nitrogens is 1. The van der Waals surface area contributed by atoms with Crippen LogP contribution in [0.3, 0.4) is 0 Å². The largest absolute Gasteiger partial charge is 0.390 e. The minimum absolute atomic E-state index is 0.0905. The third kappa shape index (κ3) is 3.40. The molecule has 0 bridgehead atoms. The Morgan fingerprint density at radius 1 is 1.50 bits per heavy atom. The van der Waals surface area contributed by atoms with Crippen LogP contribution in [-0.2, 0) is 0 Å². The number of carbonyl (C=O) groups excluding carboxylic acids is 1. The van der Waals surface area contributed by atoms with Gasteiger partial charge in [0.2, 0.25) is 0 Å². The van der Waals surface area contributed by atoms with E-state index in [-0.39, 0.29) is 17.8 Å². The predicted molar refractivity (Wildman–Crippen MR) is 81.0 cm³/mol. The number of likely N-dealkylation sites (tertiary alicyclic amines) is 1. The third-order valence-electron chi connectivity index (χ3n) is 3.39. The van der Waals surface area contributed by atoms with Crippen molar-refractivity contribution in [1.82, 2.24) is 9.88 Å². The van der Waals surface area contributed by atoms with Crippen LogP contribution < -0.4 is 11.1 Å². The summed E-state index contributed by atoms with van der Waals surface area (Å²) in [6.07, 6.45) is 1.18. The number of aliphatic hydroxyl groups is 1. The minimum atomic E-state index is -0.666. The minimum Gasteiger partial charge on any atom is -0.390 e. The normalized spacial score (nSPS) is 18.4. The third-order valence-corrected chi connectivity index (χ3v) is 4.38. The molecule has 112 valence electrons. The van der Waals surface area contributed by atoms with E-state index in [0.717, 1.165) is 0 Å². The first kappa shape index (κ1) is 15.1. The lowest BCUT2D eigenvalue weighted by Crippen LogP contribution is -2.45. The number of thiazole rings is 1. The van der Waals surface area contributed by atoms with Crippen molar-refractivity contribution in [2.24, 2.45) is 0 Å². The van der Waals surface area contributed by atoms with Crippen LogP contribution in [0.15, 0.2) is 0 Å². The Hall–Kier alpha value is -1.34. The number of carbonyl (C=O) groups is 1. The maximum Gasteiger partial charge on any atom is 0.267 e. The lowest BCUT2D eigenvalue weighted by atomic mass is 9.94. The standard InChI is InChI=1S/C13H22N4O2S/c1-8(2)15-12-16-10(14)9(20-12)11(18)17-6-4-13(3,19)5-7-17/h8,19H,4-7,14H2,1-3H3,(H,15,16).